The van der Waals surface area contributed by atoms with E-state index in [0.29, 0.717) is 5.69 Å². The Labute approximate surface area is 91.3 Å². The van der Waals surface area contributed by atoms with Crippen molar-refractivity contribution in [2.24, 2.45) is 10.2 Å². The van der Waals surface area contributed by atoms with Crippen LogP contribution in [0.3, 0.4) is 0 Å². The van der Waals surface area contributed by atoms with Crippen LogP contribution < -0.4 is 0 Å². The molecule has 0 N–H and O–H groups in total. The van der Waals surface area contributed by atoms with Crippen LogP contribution in [0.2, 0.25) is 0 Å². The Morgan fingerprint density at radius 3 is 2.25 bits per heavy atom. The fourth-order valence-electron chi connectivity index (χ4n) is 1.18. The Kier molecular flexibility index (Phi) is 3.00. The molecule has 0 heterocycles. The molecule has 2 nitrogen and oxygen atoms in total. The van der Waals surface area contributed by atoms with Crippen molar-refractivity contribution in [3.05, 3.63) is 60.2 Å². The van der Waals surface area contributed by atoms with Gasteiger partial charge in [-0.15, -0.1) is 5.11 Å². The molecule has 0 radical (unpaired) electrons. The van der Waals surface area contributed by atoms with Crippen LogP contribution in [-0.4, -0.2) is 0 Å². The molecule has 0 spiro atoms. The second-order valence-electron chi connectivity index (χ2n) is 3.11. The molecule has 0 atom stereocenters. The normalized spacial score (nSPS) is 10.9. The summed E-state index contributed by atoms with van der Waals surface area (Å²) in [6, 6.07) is 12.6. The van der Waals surface area contributed by atoms with Crippen LogP contribution in [0.5, 0.6) is 0 Å². The van der Waals surface area contributed by atoms with Gasteiger partial charge in [0.2, 0.25) is 0 Å². The van der Waals surface area contributed by atoms with Gasteiger partial charge >= 0.3 is 0 Å². The molecule has 0 saturated heterocycles. The lowest BCUT2D eigenvalue weighted by Crippen LogP contribution is -1.81. The van der Waals surface area contributed by atoms with E-state index in [9.17, 15) is 8.78 Å². The highest BCUT2D eigenvalue weighted by atomic mass is 19.2. The molecule has 0 amide bonds. The van der Waals surface area contributed by atoms with Gasteiger partial charge in [0.05, 0.1) is 5.69 Å². The fraction of sp³-hybridized carbons (Fsp3) is 0. The van der Waals surface area contributed by atoms with Gasteiger partial charge in [-0.2, -0.15) is 5.11 Å². The van der Waals surface area contributed by atoms with E-state index >= 15 is 0 Å². The zero-order valence-electron chi connectivity index (χ0n) is 8.27. The Morgan fingerprint density at radius 1 is 0.750 bits per heavy atom. The number of hydrogen-bond donors (Lipinski definition) is 0. The van der Waals surface area contributed by atoms with Gasteiger partial charge in [0.1, 0.15) is 5.69 Å². The van der Waals surface area contributed by atoms with Crippen molar-refractivity contribution in [2.75, 3.05) is 0 Å². The standard InChI is InChI=1S/C12H8F2N2/c13-10-7-4-8-11(12(10)14)16-15-9-5-2-1-3-6-9/h1-8H. The van der Waals surface area contributed by atoms with Crippen molar-refractivity contribution in [1.29, 1.82) is 0 Å². The Balaban J connectivity index is 2.28. The smallest absolute Gasteiger partial charge is 0.186 e. The quantitative estimate of drug-likeness (QED) is 0.668. The summed E-state index contributed by atoms with van der Waals surface area (Å²) in [5.41, 5.74) is 0.481. The highest BCUT2D eigenvalue weighted by Crippen LogP contribution is 2.22. The maximum atomic E-state index is 13.2. The van der Waals surface area contributed by atoms with Gasteiger partial charge < -0.3 is 0 Å². The Hall–Kier alpha value is -2.10. The van der Waals surface area contributed by atoms with Crippen molar-refractivity contribution in [2.45, 2.75) is 0 Å². The van der Waals surface area contributed by atoms with Crippen molar-refractivity contribution >= 4 is 11.4 Å². The summed E-state index contributed by atoms with van der Waals surface area (Å²) in [6.07, 6.45) is 0. The van der Waals surface area contributed by atoms with E-state index in [1.165, 1.54) is 12.1 Å². The van der Waals surface area contributed by atoms with Crippen LogP contribution >= 0.6 is 0 Å². The molecule has 4 heteroatoms. The van der Waals surface area contributed by atoms with Crippen molar-refractivity contribution in [1.82, 2.24) is 0 Å². The summed E-state index contributed by atoms with van der Waals surface area (Å²) in [6.45, 7) is 0. The largest absolute Gasteiger partial charge is 0.204 e. The van der Waals surface area contributed by atoms with Crippen LogP contribution in [0, 0.1) is 11.6 Å². The average Bonchev–Trinajstić information content (AvgIpc) is 2.32. The molecule has 0 fully saturated rings. The minimum atomic E-state index is -0.984. The maximum absolute atomic E-state index is 13.2. The van der Waals surface area contributed by atoms with Crippen LogP contribution in [0.25, 0.3) is 0 Å². The Morgan fingerprint density at radius 2 is 1.50 bits per heavy atom. The minimum absolute atomic E-state index is 0.108. The molecular weight excluding hydrogens is 210 g/mol. The molecule has 0 aromatic heterocycles. The number of hydrogen-bond acceptors (Lipinski definition) is 2. The third-order valence-electron chi connectivity index (χ3n) is 1.96. The minimum Gasteiger partial charge on any atom is -0.204 e. The summed E-state index contributed by atoms with van der Waals surface area (Å²) in [4.78, 5) is 0. The van der Waals surface area contributed by atoms with Crippen LogP contribution in [0.1, 0.15) is 0 Å². The van der Waals surface area contributed by atoms with E-state index < -0.39 is 11.6 Å². The fourth-order valence-corrected chi connectivity index (χ4v) is 1.18. The van der Waals surface area contributed by atoms with Crippen molar-refractivity contribution in [3.63, 3.8) is 0 Å². The van der Waals surface area contributed by atoms with Gasteiger partial charge in [-0.3, -0.25) is 0 Å². The van der Waals surface area contributed by atoms with E-state index in [-0.39, 0.29) is 5.69 Å². The molecule has 0 aliphatic rings. The van der Waals surface area contributed by atoms with Gasteiger partial charge in [0.15, 0.2) is 11.6 Å². The van der Waals surface area contributed by atoms with Gasteiger partial charge in [-0.05, 0) is 24.3 Å². The van der Waals surface area contributed by atoms with Crippen LogP contribution in [0.15, 0.2) is 58.8 Å². The zero-order valence-corrected chi connectivity index (χ0v) is 8.27. The molecule has 80 valence electrons. The maximum Gasteiger partial charge on any atom is 0.186 e. The van der Waals surface area contributed by atoms with Gasteiger partial charge in [-0.25, -0.2) is 8.78 Å². The van der Waals surface area contributed by atoms with E-state index in [1.54, 1.807) is 24.3 Å². The number of azo groups is 1. The molecule has 0 unspecified atom stereocenters. The molecule has 16 heavy (non-hydrogen) atoms. The number of rotatable bonds is 2. The highest BCUT2D eigenvalue weighted by Gasteiger charge is 2.05. The summed E-state index contributed by atoms with van der Waals surface area (Å²) in [5.74, 6) is -1.91. The summed E-state index contributed by atoms with van der Waals surface area (Å²) in [5, 5.41) is 7.44. The molecular formula is C12H8F2N2. The molecule has 0 bridgehead atoms. The monoisotopic (exact) mass is 218 g/mol. The average molecular weight is 218 g/mol. The van der Waals surface area contributed by atoms with E-state index in [1.807, 2.05) is 6.07 Å². The SMILES string of the molecule is Fc1cccc(N=Nc2ccccc2)c1F. The third-order valence-corrected chi connectivity index (χ3v) is 1.96. The number of nitrogens with zero attached hydrogens (tertiary/aromatic N) is 2. The van der Waals surface area contributed by atoms with Crippen molar-refractivity contribution < 1.29 is 8.78 Å². The first-order valence-electron chi connectivity index (χ1n) is 4.68. The lowest BCUT2D eigenvalue weighted by molar-refractivity contribution is 0.510. The first kappa shape index (κ1) is 10.4. The lowest BCUT2D eigenvalue weighted by atomic mass is 10.3. The summed E-state index contributed by atoms with van der Waals surface area (Å²) < 4.78 is 26.0. The molecule has 2 rings (SSSR count). The molecule has 0 saturated carbocycles. The van der Waals surface area contributed by atoms with Crippen LogP contribution in [-0.2, 0) is 0 Å². The topological polar surface area (TPSA) is 24.7 Å². The second kappa shape index (κ2) is 4.61. The van der Waals surface area contributed by atoms with E-state index in [4.69, 9.17) is 0 Å². The van der Waals surface area contributed by atoms with Crippen molar-refractivity contribution in [3.8, 4) is 0 Å². The predicted molar refractivity (Wildman–Crippen MR) is 57.0 cm³/mol. The number of benzene rings is 2. The third kappa shape index (κ3) is 2.28. The first-order chi connectivity index (χ1) is 7.77. The number of halogens is 2. The highest BCUT2D eigenvalue weighted by molar-refractivity contribution is 5.40. The van der Waals surface area contributed by atoms with Gasteiger partial charge in [0, 0.05) is 0 Å². The van der Waals surface area contributed by atoms with Gasteiger partial charge in [-0.1, -0.05) is 24.3 Å². The molecule has 2 aromatic rings. The second-order valence-corrected chi connectivity index (χ2v) is 3.11. The molecule has 0 aliphatic heterocycles. The Bertz CT molecular complexity index is 510. The first-order valence-corrected chi connectivity index (χ1v) is 4.68. The summed E-state index contributed by atoms with van der Waals surface area (Å²) in [7, 11) is 0. The van der Waals surface area contributed by atoms with Crippen LogP contribution in [0.4, 0.5) is 20.2 Å². The molecule has 2 aromatic carbocycles. The van der Waals surface area contributed by atoms with E-state index in [0.717, 1.165) is 6.07 Å². The zero-order chi connectivity index (χ0) is 11.4. The van der Waals surface area contributed by atoms with Gasteiger partial charge in [0.25, 0.3) is 0 Å². The predicted octanol–water partition coefficient (Wildman–Crippen LogP) is 4.38. The molecule has 0 aliphatic carbocycles. The summed E-state index contributed by atoms with van der Waals surface area (Å²) >= 11 is 0. The van der Waals surface area contributed by atoms with E-state index in [2.05, 4.69) is 10.2 Å². The lowest BCUT2D eigenvalue weighted by Gasteiger charge is -1.96.